The number of benzene rings is 2. The molecule has 0 bridgehead atoms. The standard InChI is InChI=1S/C23H18N4O4/c1-26-22(28)17-12-24-21-19(18(17)23(26)29)20(13-4-8-15(30-2)9-5-13)25-27(21)14-6-10-16(31-3)11-7-14/h4-12H,1-3H3. The van der Waals surface area contributed by atoms with E-state index in [0.29, 0.717) is 33.8 Å². The SMILES string of the molecule is COc1ccc(-c2nn(-c3ccc(OC)cc3)c3ncc4c(c23)C(=O)N(C)C4=O)cc1. The van der Waals surface area contributed by atoms with Crippen LogP contribution in [0.1, 0.15) is 20.7 Å². The molecule has 0 aliphatic carbocycles. The van der Waals surface area contributed by atoms with Crippen LogP contribution in [0, 0.1) is 0 Å². The first-order valence-corrected chi connectivity index (χ1v) is 9.56. The van der Waals surface area contributed by atoms with Crippen LogP contribution < -0.4 is 9.47 Å². The maximum absolute atomic E-state index is 12.9. The Labute approximate surface area is 177 Å². The normalized spacial score (nSPS) is 13.1. The maximum atomic E-state index is 12.9. The minimum Gasteiger partial charge on any atom is -0.497 e. The number of imide groups is 1. The van der Waals surface area contributed by atoms with E-state index < -0.39 is 0 Å². The Morgan fingerprint density at radius 3 is 2.06 bits per heavy atom. The van der Waals surface area contributed by atoms with Crippen molar-refractivity contribution < 1.29 is 19.1 Å². The molecule has 0 fully saturated rings. The summed E-state index contributed by atoms with van der Waals surface area (Å²) < 4.78 is 12.2. The summed E-state index contributed by atoms with van der Waals surface area (Å²) in [6, 6.07) is 14.7. The zero-order chi connectivity index (χ0) is 21.7. The summed E-state index contributed by atoms with van der Waals surface area (Å²) in [5.41, 5.74) is 3.19. The van der Waals surface area contributed by atoms with E-state index in [4.69, 9.17) is 14.6 Å². The number of hydrogen-bond acceptors (Lipinski definition) is 6. The summed E-state index contributed by atoms with van der Waals surface area (Å²) in [5.74, 6) is 0.688. The van der Waals surface area contributed by atoms with Crippen LogP contribution in [0.25, 0.3) is 28.0 Å². The van der Waals surface area contributed by atoms with Crippen LogP contribution in [0.5, 0.6) is 11.5 Å². The third-order valence-electron chi connectivity index (χ3n) is 5.43. The van der Waals surface area contributed by atoms with Gasteiger partial charge in [-0.1, -0.05) is 0 Å². The lowest BCUT2D eigenvalue weighted by Gasteiger charge is -2.05. The molecule has 8 heteroatoms. The van der Waals surface area contributed by atoms with Crippen molar-refractivity contribution >= 4 is 22.8 Å². The van der Waals surface area contributed by atoms with E-state index in [0.717, 1.165) is 16.2 Å². The predicted octanol–water partition coefficient (Wildman–Crippen LogP) is 3.33. The molecule has 8 nitrogen and oxygen atoms in total. The molecule has 2 amide bonds. The summed E-state index contributed by atoms with van der Waals surface area (Å²) in [6.07, 6.45) is 1.45. The van der Waals surface area contributed by atoms with E-state index in [1.54, 1.807) is 18.9 Å². The van der Waals surface area contributed by atoms with Crippen molar-refractivity contribution in [3.63, 3.8) is 0 Å². The number of hydrogen-bond donors (Lipinski definition) is 0. The Kier molecular flexibility index (Phi) is 4.21. The van der Waals surface area contributed by atoms with Crippen LogP contribution in [-0.2, 0) is 0 Å². The van der Waals surface area contributed by atoms with Crippen molar-refractivity contribution in [1.29, 1.82) is 0 Å². The fraction of sp³-hybridized carbons (Fsp3) is 0.130. The first-order valence-electron chi connectivity index (χ1n) is 9.56. The van der Waals surface area contributed by atoms with Crippen molar-refractivity contribution in [3.05, 3.63) is 65.9 Å². The number of methoxy groups -OCH3 is 2. The second kappa shape index (κ2) is 6.94. The van der Waals surface area contributed by atoms with Gasteiger partial charge in [-0.15, -0.1) is 0 Å². The van der Waals surface area contributed by atoms with Crippen molar-refractivity contribution in [3.8, 4) is 28.4 Å². The van der Waals surface area contributed by atoms with Gasteiger partial charge in [0.2, 0.25) is 0 Å². The Bertz CT molecular complexity index is 1340. The Hall–Kier alpha value is -4.20. The summed E-state index contributed by atoms with van der Waals surface area (Å²) in [7, 11) is 4.67. The smallest absolute Gasteiger partial charge is 0.262 e. The highest BCUT2D eigenvalue weighted by Gasteiger charge is 2.37. The molecular formula is C23H18N4O4. The number of rotatable bonds is 4. The number of carbonyl (C=O) groups is 2. The van der Waals surface area contributed by atoms with Crippen LogP contribution in [0.3, 0.4) is 0 Å². The van der Waals surface area contributed by atoms with E-state index in [9.17, 15) is 9.59 Å². The molecule has 31 heavy (non-hydrogen) atoms. The number of ether oxygens (including phenoxy) is 2. The van der Waals surface area contributed by atoms with Gasteiger partial charge in [0, 0.05) is 18.8 Å². The van der Waals surface area contributed by atoms with Gasteiger partial charge in [0.15, 0.2) is 5.65 Å². The second-order valence-electron chi connectivity index (χ2n) is 7.10. The Morgan fingerprint density at radius 2 is 1.45 bits per heavy atom. The molecule has 154 valence electrons. The van der Waals surface area contributed by atoms with Gasteiger partial charge in [0.05, 0.1) is 36.4 Å². The monoisotopic (exact) mass is 414 g/mol. The maximum Gasteiger partial charge on any atom is 0.262 e. The summed E-state index contributed by atoms with van der Waals surface area (Å²) in [4.78, 5) is 31.1. The van der Waals surface area contributed by atoms with Crippen LogP contribution in [-0.4, -0.2) is 52.7 Å². The number of carbonyl (C=O) groups excluding carboxylic acids is 2. The number of fused-ring (bicyclic) bond motifs is 3. The van der Waals surface area contributed by atoms with Gasteiger partial charge >= 0.3 is 0 Å². The Balaban J connectivity index is 1.82. The molecule has 1 aliphatic rings. The van der Waals surface area contributed by atoms with E-state index in [-0.39, 0.29) is 17.4 Å². The number of amides is 2. The van der Waals surface area contributed by atoms with E-state index in [1.807, 2.05) is 48.5 Å². The molecule has 0 spiro atoms. The van der Waals surface area contributed by atoms with Gasteiger partial charge in [0.25, 0.3) is 11.8 Å². The molecule has 2 aromatic carbocycles. The topological polar surface area (TPSA) is 86.6 Å². The molecule has 0 unspecified atom stereocenters. The number of pyridine rings is 1. The van der Waals surface area contributed by atoms with Crippen LogP contribution in [0.15, 0.2) is 54.7 Å². The lowest BCUT2D eigenvalue weighted by Crippen LogP contribution is -2.24. The summed E-state index contributed by atoms with van der Waals surface area (Å²) >= 11 is 0. The number of nitrogens with zero attached hydrogens (tertiary/aromatic N) is 4. The highest BCUT2D eigenvalue weighted by Crippen LogP contribution is 2.36. The van der Waals surface area contributed by atoms with Gasteiger partial charge in [-0.2, -0.15) is 5.10 Å². The van der Waals surface area contributed by atoms with Gasteiger partial charge < -0.3 is 9.47 Å². The third kappa shape index (κ3) is 2.76. The van der Waals surface area contributed by atoms with E-state index >= 15 is 0 Å². The minimum atomic E-state index is -0.368. The molecule has 0 N–H and O–H groups in total. The Morgan fingerprint density at radius 1 is 0.839 bits per heavy atom. The number of aromatic nitrogens is 3. The summed E-state index contributed by atoms with van der Waals surface area (Å²) in [5, 5.41) is 5.34. The van der Waals surface area contributed by atoms with Crippen molar-refractivity contribution in [2.45, 2.75) is 0 Å². The highest BCUT2D eigenvalue weighted by atomic mass is 16.5. The van der Waals surface area contributed by atoms with Crippen molar-refractivity contribution in [2.24, 2.45) is 0 Å². The third-order valence-corrected chi connectivity index (χ3v) is 5.43. The van der Waals surface area contributed by atoms with Gasteiger partial charge in [-0.05, 0) is 48.5 Å². The molecule has 5 rings (SSSR count). The fourth-order valence-corrected chi connectivity index (χ4v) is 3.76. The van der Waals surface area contributed by atoms with E-state index in [2.05, 4.69) is 4.98 Å². The molecule has 0 atom stereocenters. The average molecular weight is 414 g/mol. The summed E-state index contributed by atoms with van der Waals surface area (Å²) in [6.45, 7) is 0. The molecular weight excluding hydrogens is 396 g/mol. The zero-order valence-electron chi connectivity index (χ0n) is 17.1. The van der Waals surface area contributed by atoms with Gasteiger partial charge in [-0.25, -0.2) is 9.67 Å². The minimum absolute atomic E-state index is 0.282. The van der Waals surface area contributed by atoms with E-state index in [1.165, 1.54) is 13.2 Å². The average Bonchev–Trinajstić information content (AvgIpc) is 3.31. The van der Waals surface area contributed by atoms with Gasteiger partial charge in [0.1, 0.15) is 17.2 Å². The molecule has 4 aromatic rings. The molecule has 0 saturated carbocycles. The lowest BCUT2D eigenvalue weighted by molar-refractivity contribution is 0.0693. The second-order valence-corrected chi connectivity index (χ2v) is 7.10. The quantitative estimate of drug-likeness (QED) is 0.476. The first-order chi connectivity index (χ1) is 15.0. The first kappa shape index (κ1) is 18.8. The molecule has 0 saturated heterocycles. The lowest BCUT2D eigenvalue weighted by atomic mass is 10.0. The zero-order valence-corrected chi connectivity index (χ0v) is 17.1. The van der Waals surface area contributed by atoms with Crippen molar-refractivity contribution in [2.75, 3.05) is 21.3 Å². The van der Waals surface area contributed by atoms with Crippen LogP contribution in [0.4, 0.5) is 0 Å². The molecule has 3 heterocycles. The molecule has 1 aliphatic heterocycles. The van der Waals surface area contributed by atoms with Crippen LogP contribution in [0.2, 0.25) is 0 Å². The predicted molar refractivity (Wildman–Crippen MR) is 114 cm³/mol. The van der Waals surface area contributed by atoms with Crippen molar-refractivity contribution in [1.82, 2.24) is 19.7 Å². The largest absolute Gasteiger partial charge is 0.497 e. The van der Waals surface area contributed by atoms with Gasteiger partial charge in [-0.3, -0.25) is 14.5 Å². The molecule has 2 aromatic heterocycles. The van der Waals surface area contributed by atoms with Crippen LogP contribution >= 0.6 is 0 Å². The highest BCUT2D eigenvalue weighted by molar-refractivity contribution is 6.27. The fourth-order valence-electron chi connectivity index (χ4n) is 3.76. The molecule has 0 radical (unpaired) electrons.